The van der Waals surface area contributed by atoms with E-state index in [4.69, 9.17) is 10.5 Å². The fourth-order valence-electron chi connectivity index (χ4n) is 12.2. The number of benzene rings is 1. The fraction of sp³-hybridized carbons (Fsp3) is 0.703. The second-order valence-electron chi connectivity index (χ2n) is 16.0. The van der Waals surface area contributed by atoms with Crippen molar-refractivity contribution in [2.75, 3.05) is 7.11 Å². The first-order valence-corrected chi connectivity index (χ1v) is 16.1. The number of hydrogen-bond donors (Lipinski definition) is 1. The van der Waals surface area contributed by atoms with Crippen LogP contribution in [0.15, 0.2) is 42.5 Å². The first kappa shape index (κ1) is 28.3. The molecule has 40 heavy (non-hydrogen) atoms. The Bertz CT molecular complexity index is 1240. The number of esters is 1. The van der Waals surface area contributed by atoms with Crippen molar-refractivity contribution in [2.24, 2.45) is 57.0 Å². The number of ether oxygens (including phenoxy) is 1. The number of allylic oxidation sites excluding steroid dienone is 3. The van der Waals surface area contributed by atoms with E-state index < -0.39 is 0 Å². The maximum atomic E-state index is 12.0. The standard InChI is InChI=1S/C37H53NO2/c1-23(2)26-15-20-37(38)22-21-35(6)28(31(26)37)13-14-30-34(5)18-16-27(24-9-11-25(12-10-24)32(39)40-8)33(3,4)29(34)17-19-36(30,35)7/h9-12,16,26,28-31H,1,13-15,17-22,38H2,2-8H3/t26-,28?,29-,30?,31+,34-,35+,36+,37-/m0/s1. The Labute approximate surface area is 243 Å². The molecule has 0 saturated heterocycles. The van der Waals surface area contributed by atoms with Gasteiger partial charge in [0.05, 0.1) is 12.7 Å². The van der Waals surface area contributed by atoms with Gasteiger partial charge in [0, 0.05) is 5.54 Å². The lowest BCUT2D eigenvalue weighted by molar-refractivity contribution is -0.217. The van der Waals surface area contributed by atoms with E-state index in [1.54, 1.807) is 0 Å². The van der Waals surface area contributed by atoms with Gasteiger partial charge in [-0.25, -0.2) is 4.79 Å². The van der Waals surface area contributed by atoms with Crippen LogP contribution in [0.1, 0.15) is 115 Å². The highest BCUT2D eigenvalue weighted by Crippen LogP contribution is 2.76. The molecule has 3 nitrogen and oxygen atoms in total. The molecule has 6 rings (SSSR count). The number of nitrogens with two attached hydrogens (primary N) is 1. The summed E-state index contributed by atoms with van der Waals surface area (Å²) >= 11 is 0. The van der Waals surface area contributed by atoms with Gasteiger partial charge >= 0.3 is 5.97 Å². The highest BCUT2D eigenvalue weighted by Gasteiger charge is 2.70. The first-order valence-electron chi connectivity index (χ1n) is 16.1. The van der Waals surface area contributed by atoms with Crippen LogP contribution in [-0.2, 0) is 4.74 Å². The van der Waals surface area contributed by atoms with Crippen molar-refractivity contribution in [3.63, 3.8) is 0 Å². The van der Waals surface area contributed by atoms with Gasteiger partial charge in [0.25, 0.3) is 0 Å². The maximum Gasteiger partial charge on any atom is 0.337 e. The van der Waals surface area contributed by atoms with Gasteiger partial charge in [0.1, 0.15) is 0 Å². The average molecular weight is 544 g/mol. The molecular weight excluding hydrogens is 490 g/mol. The number of methoxy groups -OCH3 is 1. The minimum Gasteiger partial charge on any atom is -0.465 e. The highest BCUT2D eigenvalue weighted by molar-refractivity contribution is 5.89. The summed E-state index contributed by atoms with van der Waals surface area (Å²) in [5.74, 6) is 3.03. The van der Waals surface area contributed by atoms with Crippen LogP contribution in [0.3, 0.4) is 0 Å². The Hall–Kier alpha value is -1.87. The SMILES string of the molecule is C=C(C)[C@@H]1CC[C@]2(N)CC[C@]3(C)C(CCC4[C@@]5(C)CC=C(c6ccc(C(=O)OC)cc6)C(C)(C)[C@@H]5CC[C@]43C)[C@@H]12. The summed E-state index contributed by atoms with van der Waals surface area (Å²) in [7, 11) is 1.45. The molecule has 0 bridgehead atoms. The molecular formula is C37H53NO2. The van der Waals surface area contributed by atoms with Crippen molar-refractivity contribution in [1.82, 2.24) is 0 Å². The number of carbonyl (C=O) groups is 1. The highest BCUT2D eigenvalue weighted by atomic mass is 16.5. The van der Waals surface area contributed by atoms with Gasteiger partial charge in [-0.15, -0.1) is 0 Å². The smallest absolute Gasteiger partial charge is 0.337 e. The third kappa shape index (κ3) is 3.61. The Morgan fingerprint density at radius 3 is 2.25 bits per heavy atom. The molecule has 2 N–H and O–H groups in total. The Morgan fingerprint density at radius 1 is 0.900 bits per heavy atom. The Kier molecular flexibility index (Phi) is 6.40. The summed E-state index contributed by atoms with van der Waals surface area (Å²) in [6.07, 6.45) is 13.9. The molecule has 0 heterocycles. The lowest BCUT2D eigenvalue weighted by atomic mass is 9.33. The number of rotatable bonds is 3. The summed E-state index contributed by atoms with van der Waals surface area (Å²) in [5.41, 5.74) is 13.0. The second-order valence-corrected chi connectivity index (χ2v) is 16.0. The Balaban J connectivity index is 1.34. The zero-order chi connectivity index (χ0) is 28.9. The van der Waals surface area contributed by atoms with E-state index in [0.29, 0.717) is 45.5 Å². The molecule has 5 aliphatic carbocycles. The van der Waals surface area contributed by atoms with Crippen LogP contribution in [0.5, 0.6) is 0 Å². The Morgan fingerprint density at radius 2 is 1.60 bits per heavy atom. The van der Waals surface area contributed by atoms with Crippen LogP contribution >= 0.6 is 0 Å². The minimum atomic E-state index is -0.270. The molecule has 0 spiro atoms. The van der Waals surface area contributed by atoms with Gasteiger partial charge in [-0.05, 0) is 139 Å². The quantitative estimate of drug-likeness (QED) is 0.306. The number of fused-ring (bicyclic) bond motifs is 7. The van der Waals surface area contributed by atoms with E-state index in [-0.39, 0.29) is 16.9 Å². The number of carbonyl (C=O) groups excluding carboxylic acids is 1. The molecule has 1 aromatic rings. The zero-order valence-electron chi connectivity index (χ0n) is 26.2. The molecule has 3 heteroatoms. The zero-order valence-corrected chi connectivity index (χ0v) is 26.2. The maximum absolute atomic E-state index is 12.0. The van der Waals surface area contributed by atoms with Crippen LogP contribution in [0.4, 0.5) is 0 Å². The van der Waals surface area contributed by atoms with Crippen LogP contribution in [-0.4, -0.2) is 18.6 Å². The van der Waals surface area contributed by atoms with Crippen molar-refractivity contribution in [3.05, 3.63) is 53.6 Å². The molecule has 5 aliphatic rings. The van der Waals surface area contributed by atoms with Crippen LogP contribution in [0, 0.1) is 51.2 Å². The fourth-order valence-corrected chi connectivity index (χ4v) is 12.2. The molecule has 0 radical (unpaired) electrons. The van der Waals surface area contributed by atoms with Crippen LogP contribution in [0.25, 0.3) is 5.57 Å². The topological polar surface area (TPSA) is 52.3 Å². The van der Waals surface area contributed by atoms with Gasteiger partial charge in [0.2, 0.25) is 0 Å². The van der Waals surface area contributed by atoms with Gasteiger partial charge in [-0.1, -0.05) is 65.0 Å². The molecule has 1 aromatic carbocycles. The van der Waals surface area contributed by atoms with Gasteiger partial charge in [-0.3, -0.25) is 0 Å². The first-order chi connectivity index (χ1) is 18.7. The predicted molar refractivity (Wildman–Crippen MR) is 165 cm³/mol. The lowest BCUT2D eigenvalue weighted by Crippen LogP contribution is -2.67. The molecule has 9 atom stereocenters. The van der Waals surface area contributed by atoms with Crippen LogP contribution < -0.4 is 5.73 Å². The van der Waals surface area contributed by atoms with Crippen molar-refractivity contribution in [2.45, 2.75) is 105 Å². The summed E-state index contributed by atoms with van der Waals surface area (Å²) in [4.78, 5) is 12.0. The molecule has 0 aromatic heterocycles. The predicted octanol–water partition coefficient (Wildman–Crippen LogP) is 8.84. The summed E-state index contributed by atoms with van der Waals surface area (Å²) < 4.78 is 4.93. The van der Waals surface area contributed by atoms with Crippen molar-refractivity contribution >= 4 is 11.5 Å². The monoisotopic (exact) mass is 543 g/mol. The summed E-state index contributed by atoms with van der Waals surface area (Å²) in [6.45, 7) is 19.8. The van der Waals surface area contributed by atoms with E-state index in [0.717, 1.165) is 12.3 Å². The van der Waals surface area contributed by atoms with Crippen molar-refractivity contribution < 1.29 is 9.53 Å². The largest absolute Gasteiger partial charge is 0.465 e. The van der Waals surface area contributed by atoms with Gasteiger partial charge < -0.3 is 10.5 Å². The van der Waals surface area contributed by atoms with Crippen molar-refractivity contribution in [1.29, 1.82) is 0 Å². The van der Waals surface area contributed by atoms with E-state index in [1.807, 2.05) is 12.1 Å². The van der Waals surface area contributed by atoms with Gasteiger partial charge in [-0.2, -0.15) is 0 Å². The molecule has 218 valence electrons. The molecule has 4 fully saturated rings. The normalized spacial score (nSPS) is 45.3. The van der Waals surface area contributed by atoms with E-state index in [2.05, 4.69) is 66.3 Å². The lowest BCUT2D eigenvalue weighted by Gasteiger charge is -2.72. The second kappa shape index (κ2) is 9.06. The van der Waals surface area contributed by atoms with E-state index in [9.17, 15) is 4.79 Å². The molecule has 0 amide bonds. The number of hydrogen-bond acceptors (Lipinski definition) is 3. The third-order valence-corrected chi connectivity index (χ3v) is 14.3. The van der Waals surface area contributed by atoms with Crippen LogP contribution in [0.2, 0.25) is 0 Å². The summed E-state index contributed by atoms with van der Waals surface area (Å²) in [5, 5.41) is 0. The molecule has 2 unspecified atom stereocenters. The summed E-state index contributed by atoms with van der Waals surface area (Å²) in [6, 6.07) is 8.10. The van der Waals surface area contributed by atoms with Gasteiger partial charge in [0.15, 0.2) is 0 Å². The third-order valence-electron chi connectivity index (χ3n) is 14.3. The van der Waals surface area contributed by atoms with E-state index in [1.165, 1.54) is 75.2 Å². The molecule has 4 saturated carbocycles. The van der Waals surface area contributed by atoms with E-state index >= 15 is 0 Å². The minimum absolute atomic E-state index is 0.0198. The van der Waals surface area contributed by atoms with Crippen molar-refractivity contribution in [3.8, 4) is 0 Å². The average Bonchev–Trinajstić information content (AvgIpc) is 3.26. The molecule has 0 aliphatic heterocycles.